The second kappa shape index (κ2) is 9.59. The minimum Gasteiger partial charge on any atom is -0.363 e. The molecule has 1 aromatic carbocycles. The van der Waals surface area contributed by atoms with Crippen molar-refractivity contribution in [2.75, 3.05) is 0 Å². The minimum absolute atomic E-state index is 0.00645. The van der Waals surface area contributed by atoms with E-state index < -0.39 is 36.6 Å². The average molecular weight is 559 g/mol. The number of aromatic nitrogens is 7. The SMILES string of the molecule is NC(=O)c1nc(Cn2nc(-c3ccc(Cl)cc3)n(CC(O)(O)C(F)(F)F)c2=O)nn1-c1ncccc1Cl. The van der Waals surface area contributed by atoms with E-state index in [0.717, 1.165) is 4.68 Å². The number of carbonyl (C=O) groups is 1. The highest BCUT2D eigenvalue weighted by Gasteiger charge is 2.53. The first-order valence-electron chi connectivity index (χ1n) is 10.1. The van der Waals surface area contributed by atoms with Crippen LogP contribution in [0.5, 0.6) is 0 Å². The zero-order valence-corrected chi connectivity index (χ0v) is 19.8. The summed E-state index contributed by atoms with van der Waals surface area (Å²) in [6.07, 6.45) is -4.11. The molecule has 0 bridgehead atoms. The lowest BCUT2D eigenvalue weighted by molar-refractivity contribution is -0.353. The lowest BCUT2D eigenvalue weighted by atomic mass is 10.2. The van der Waals surface area contributed by atoms with E-state index in [1.54, 1.807) is 0 Å². The molecule has 4 rings (SSSR count). The third-order valence-electron chi connectivity index (χ3n) is 4.96. The van der Waals surface area contributed by atoms with E-state index in [4.69, 9.17) is 28.9 Å². The van der Waals surface area contributed by atoms with Crippen molar-refractivity contribution in [3.8, 4) is 17.2 Å². The summed E-state index contributed by atoms with van der Waals surface area (Å²) in [6, 6.07) is 8.54. The van der Waals surface area contributed by atoms with E-state index in [1.807, 2.05) is 0 Å². The number of nitrogens with two attached hydrogens (primary N) is 1. The molecule has 4 aromatic rings. The molecule has 194 valence electrons. The summed E-state index contributed by atoms with van der Waals surface area (Å²) in [4.78, 5) is 33.0. The summed E-state index contributed by atoms with van der Waals surface area (Å²) in [5, 5.41) is 27.7. The van der Waals surface area contributed by atoms with Gasteiger partial charge in [0, 0.05) is 16.8 Å². The Morgan fingerprint density at radius 3 is 2.35 bits per heavy atom. The average Bonchev–Trinajstić information content (AvgIpc) is 3.36. The lowest BCUT2D eigenvalue weighted by Gasteiger charge is -2.24. The summed E-state index contributed by atoms with van der Waals surface area (Å²) in [5.74, 6) is -6.16. The maximum atomic E-state index is 13.2. The first-order chi connectivity index (χ1) is 17.3. The van der Waals surface area contributed by atoms with Crippen molar-refractivity contribution in [1.29, 1.82) is 0 Å². The van der Waals surface area contributed by atoms with E-state index in [-0.39, 0.29) is 33.9 Å². The third-order valence-corrected chi connectivity index (χ3v) is 5.51. The number of carbonyl (C=O) groups excluding carboxylic acids is 1. The van der Waals surface area contributed by atoms with E-state index in [0.29, 0.717) is 14.3 Å². The van der Waals surface area contributed by atoms with Gasteiger partial charge in [0.25, 0.3) is 11.7 Å². The van der Waals surface area contributed by atoms with Crippen LogP contribution < -0.4 is 11.4 Å². The summed E-state index contributed by atoms with van der Waals surface area (Å²) in [5.41, 5.74) is 4.36. The zero-order chi connectivity index (χ0) is 27.1. The Bertz CT molecular complexity index is 1530. The second-order valence-electron chi connectivity index (χ2n) is 7.61. The van der Waals surface area contributed by atoms with Crippen LogP contribution in [0.1, 0.15) is 16.4 Å². The molecule has 3 aromatic heterocycles. The normalized spacial score (nSPS) is 12.2. The summed E-state index contributed by atoms with van der Waals surface area (Å²) >= 11 is 12.0. The highest BCUT2D eigenvalue weighted by Crippen LogP contribution is 2.30. The van der Waals surface area contributed by atoms with Gasteiger partial charge in [-0.1, -0.05) is 23.2 Å². The van der Waals surface area contributed by atoms with Crippen LogP contribution in [0.15, 0.2) is 47.4 Å². The van der Waals surface area contributed by atoms with E-state index >= 15 is 0 Å². The molecule has 1 amide bonds. The van der Waals surface area contributed by atoms with Gasteiger partial charge < -0.3 is 15.9 Å². The van der Waals surface area contributed by atoms with Crippen molar-refractivity contribution in [2.24, 2.45) is 5.73 Å². The molecule has 0 spiro atoms. The quantitative estimate of drug-likeness (QED) is 0.286. The van der Waals surface area contributed by atoms with Gasteiger partial charge in [-0.25, -0.2) is 19.4 Å². The number of primary amides is 1. The zero-order valence-electron chi connectivity index (χ0n) is 18.3. The topological polar surface area (TPSA) is 167 Å². The third kappa shape index (κ3) is 5.20. The Morgan fingerprint density at radius 2 is 1.76 bits per heavy atom. The molecule has 0 aliphatic rings. The van der Waals surface area contributed by atoms with Gasteiger partial charge in [0.05, 0.1) is 11.6 Å². The van der Waals surface area contributed by atoms with Gasteiger partial charge >= 0.3 is 11.9 Å². The fraction of sp³-hybridized carbons (Fsp3) is 0.200. The van der Waals surface area contributed by atoms with Crippen molar-refractivity contribution >= 4 is 29.1 Å². The van der Waals surface area contributed by atoms with Crippen LogP contribution in [0.2, 0.25) is 10.0 Å². The number of nitrogens with zero attached hydrogens (tertiary/aromatic N) is 7. The molecule has 37 heavy (non-hydrogen) atoms. The van der Waals surface area contributed by atoms with Crippen molar-refractivity contribution in [2.45, 2.75) is 25.1 Å². The molecule has 0 aliphatic heterocycles. The molecule has 0 aliphatic carbocycles. The van der Waals surface area contributed by atoms with E-state index in [1.165, 1.54) is 42.6 Å². The van der Waals surface area contributed by atoms with Gasteiger partial charge in [0.15, 0.2) is 17.5 Å². The minimum atomic E-state index is -5.48. The molecule has 0 saturated heterocycles. The predicted octanol–water partition coefficient (Wildman–Crippen LogP) is 1.38. The Morgan fingerprint density at radius 1 is 1.08 bits per heavy atom. The molecular weight excluding hydrogens is 544 g/mol. The predicted molar refractivity (Wildman–Crippen MR) is 122 cm³/mol. The Balaban J connectivity index is 1.81. The monoisotopic (exact) mass is 558 g/mol. The number of rotatable bonds is 7. The Labute approximate surface area is 214 Å². The molecule has 12 nitrogen and oxygen atoms in total. The van der Waals surface area contributed by atoms with Crippen LogP contribution in [0.4, 0.5) is 13.2 Å². The molecule has 0 radical (unpaired) electrons. The van der Waals surface area contributed by atoms with Crippen LogP contribution in [0.25, 0.3) is 17.2 Å². The van der Waals surface area contributed by atoms with Crippen LogP contribution >= 0.6 is 23.2 Å². The molecule has 0 saturated carbocycles. The number of halogens is 5. The largest absolute Gasteiger partial charge is 0.444 e. The van der Waals surface area contributed by atoms with Crippen LogP contribution in [-0.4, -0.2) is 62.2 Å². The molecular formula is C20H15Cl2F3N8O4. The van der Waals surface area contributed by atoms with Gasteiger partial charge in [0.2, 0.25) is 5.82 Å². The maximum Gasteiger partial charge on any atom is 0.444 e. The molecule has 0 fully saturated rings. The molecule has 0 unspecified atom stereocenters. The van der Waals surface area contributed by atoms with Crippen molar-refractivity contribution < 1.29 is 28.2 Å². The number of aliphatic hydroxyl groups is 2. The highest BCUT2D eigenvalue weighted by atomic mass is 35.5. The van der Waals surface area contributed by atoms with Gasteiger partial charge in [-0.3, -0.25) is 9.36 Å². The number of alkyl halides is 3. The summed E-state index contributed by atoms with van der Waals surface area (Å²) in [6.45, 7) is -2.13. The Kier molecular flexibility index (Phi) is 6.81. The van der Waals surface area contributed by atoms with Crippen molar-refractivity contribution in [3.63, 3.8) is 0 Å². The summed E-state index contributed by atoms with van der Waals surface area (Å²) in [7, 11) is 0. The summed E-state index contributed by atoms with van der Waals surface area (Å²) < 4.78 is 41.5. The fourth-order valence-electron chi connectivity index (χ4n) is 3.21. The fourth-order valence-corrected chi connectivity index (χ4v) is 3.53. The van der Waals surface area contributed by atoms with E-state index in [9.17, 15) is 33.0 Å². The number of benzene rings is 1. The van der Waals surface area contributed by atoms with Gasteiger partial charge in [0.1, 0.15) is 6.54 Å². The number of amides is 1. The van der Waals surface area contributed by atoms with Crippen LogP contribution in [0, 0.1) is 0 Å². The van der Waals surface area contributed by atoms with Crippen LogP contribution in [0.3, 0.4) is 0 Å². The van der Waals surface area contributed by atoms with Gasteiger partial charge in [-0.2, -0.15) is 17.9 Å². The van der Waals surface area contributed by atoms with Crippen molar-refractivity contribution in [1.82, 2.24) is 34.1 Å². The maximum absolute atomic E-state index is 13.2. The highest BCUT2D eigenvalue weighted by molar-refractivity contribution is 6.32. The number of pyridine rings is 1. The smallest absolute Gasteiger partial charge is 0.363 e. The van der Waals surface area contributed by atoms with E-state index in [2.05, 4.69) is 20.2 Å². The lowest BCUT2D eigenvalue weighted by Crippen LogP contribution is -2.50. The standard InChI is InChI=1S/C20H15Cl2F3N8O4/c21-11-5-3-10(4-6-11)15-30-32(18(35)31(15)9-19(36,37)20(23,24)25)8-13-28-17(14(26)34)33(29-13)16-12(22)2-1-7-27-16/h1-7,36-37H,8-9H2,(H2,26,34). The van der Waals surface area contributed by atoms with Gasteiger partial charge in [-0.15, -0.1) is 10.2 Å². The molecule has 0 atom stereocenters. The molecule has 3 heterocycles. The Hall–Kier alpha value is -3.79. The van der Waals surface area contributed by atoms with Crippen LogP contribution in [-0.2, 0) is 13.1 Å². The second-order valence-corrected chi connectivity index (χ2v) is 8.45. The number of hydrogen-bond donors (Lipinski definition) is 3. The van der Waals surface area contributed by atoms with Crippen molar-refractivity contribution in [3.05, 3.63) is 74.8 Å². The first kappa shape index (κ1) is 26.3. The number of hydrogen-bond acceptors (Lipinski definition) is 8. The molecule has 17 heteroatoms. The molecule has 4 N–H and O–H groups in total. The first-order valence-corrected chi connectivity index (χ1v) is 10.9. The van der Waals surface area contributed by atoms with Gasteiger partial charge in [-0.05, 0) is 36.4 Å².